The van der Waals surface area contributed by atoms with Crippen molar-refractivity contribution in [3.05, 3.63) is 22.7 Å². The maximum absolute atomic E-state index is 12.7. The minimum Gasteiger partial charge on any atom is -0.496 e. The number of unbranched alkanes of at least 4 members (excludes halogenated alkanes) is 5. The Labute approximate surface area is 240 Å². The van der Waals surface area contributed by atoms with Crippen molar-refractivity contribution in [2.75, 3.05) is 52.1 Å². The number of nitrogens with zero attached hydrogens (tertiary/aromatic N) is 2. The monoisotopic (exact) mass is 592 g/mol. The summed E-state index contributed by atoms with van der Waals surface area (Å²) in [6.45, 7) is 7.22. The molecule has 0 radical (unpaired) electrons. The number of carboxylic acid groups (broad SMARTS) is 1. The van der Waals surface area contributed by atoms with Crippen LogP contribution in [0.5, 0.6) is 5.75 Å². The van der Waals surface area contributed by atoms with Gasteiger partial charge in [0.25, 0.3) is 5.91 Å². The van der Waals surface area contributed by atoms with Gasteiger partial charge in [0.1, 0.15) is 5.75 Å². The van der Waals surface area contributed by atoms with Crippen molar-refractivity contribution in [2.45, 2.75) is 82.8 Å². The zero-order valence-electron chi connectivity index (χ0n) is 23.4. The number of aliphatic carboxylic acids is 1. The normalized spacial score (nSPS) is 17.1. The molecule has 12 heteroatoms. The Morgan fingerprint density at radius 1 is 0.975 bits per heavy atom. The van der Waals surface area contributed by atoms with Gasteiger partial charge >= 0.3 is 12.1 Å². The Hall–Kier alpha value is -2.24. The van der Waals surface area contributed by atoms with Crippen molar-refractivity contribution >= 4 is 29.2 Å². The number of amides is 1. The minimum absolute atomic E-state index is 0.146. The molecule has 3 rings (SSSR count). The molecule has 2 aliphatic rings. The van der Waals surface area contributed by atoms with Gasteiger partial charge in [-0.25, -0.2) is 4.79 Å². The molecule has 40 heavy (non-hydrogen) atoms. The van der Waals surface area contributed by atoms with E-state index in [0.29, 0.717) is 22.0 Å². The first kappa shape index (κ1) is 34.0. The number of carbonyl (C=O) groups excluding carboxylic acids is 1. The topological polar surface area (TPSA) is 108 Å². The largest absolute Gasteiger partial charge is 0.496 e. The third-order valence-electron chi connectivity index (χ3n) is 7.38. The summed E-state index contributed by atoms with van der Waals surface area (Å²) in [5.41, 5.74) is 6.67. The lowest BCUT2D eigenvalue weighted by Gasteiger charge is -2.32. The first-order valence-corrected chi connectivity index (χ1v) is 14.6. The summed E-state index contributed by atoms with van der Waals surface area (Å²) in [6.07, 6.45) is 9.20. The molecule has 0 aliphatic carbocycles. The number of halogens is 4. The van der Waals surface area contributed by atoms with E-state index < -0.39 is 12.1 Å². The maximum Gasteiger partial charge on any atom is 0.490 e. The van der Waals surface area contributed by atoms with Crippen LogP contribution >= 0.6 is 11.6 Å². The van der Waals surface area contributed by atoms with Crippen molar-refractivity contribution in [1.29, 1.82) is 0 Å². The van der Waals surface area contributed by atoms with E-state index in [1.54, 1.807) is 12.1 Å². The first-order chi connectivity index (χ1) is 19.0. The predicted octanol–water partition coefficient (Wildman–Crippen LogP) is 5.58. The molecule has 1 amide bonds. The van der Waals surface area contributed by atoms with Crippen LogP contribution in [0.4, 0.5) is 18.9 Å². The van der Waals surface area contributed by atoms with Crippen LogP contribution in [0.3, 0.4) is 0 Å². The van der Waals surface area contributed by atoms with Crippen molar-refractivity contribution < 1.29 is 32.6 Å². The fourth-order valence-corrected chi connectivity index (χ4v) is 5.20. The van der Waals surface area contributed by atoms with Crippen LogP contribution in [0.25, 0.3) is 0 Å². The number of hydrogen-bond acceptors (Lipinski definition) is 6. The van der Waals surface area contributed by atoms with Crippen LogP contribution in [0.2, 0.25) is 5.02 Å². The number of carboxylic acids is 1. The van der Waals surface area contributed by atoms with E-state index in [-0.39, 0.29) is 11.9 Å². The Morgan fingerprint density at radius 2 is 1.48 bits per heavy atom. The number of rotatable bonds is 12. The number of alkyl halides is 3. The second-order valence-electron chi connectivity index (χ2n) is 10.5. The van der Waals surface area contributed by atoms with Gasteiger partial charge in [-0.05, 0) is 70.8 Å². The van der Waals surface area contributed by atoms with Gasteiger partial charge in [0.2, 0.25) is 0 Å². The van der Waals surface area contributed by atoms with E-state index in [4.69, 9.17) is 32.0 Å². The SMILES string of the molecule is COc1cc(N)c(Cl)cc1C(=O)NC1CCN(CCCCCCCCN2CCCCC2)CC1.O=C(O)C(F)(F)F. The van der Waals surface area contributed by atoms with Crippen LogP contribution < -0.4 is 15.8 Å². The highest BCUT2D eigenvalue weighted by Gasteiger charge is 2.38. The molecule has 2 aliphatic heterocycles. The van der Waals surface area contributed by atoms with Crippen LogP contribution in [-0.4, -0.2) is 85.4 Å². The third kappa shape index (κ3) is 12.5. The molecule has 0 unspecified atom stereocenters. The number of benzene rings is 1. The average molecular weight is 593 g/mol. The third-order valence-corrected chi connectivity index (χ3v) is 7.70. The highest BCUT2D eigenvalue weighted by Crippen LogP contribution is 2.29. The maximum atomic E-state index is 12.7. The number of hydrogen-bond donors (Lipinski definition) is 3. The molecule has 2 saturated heterocycles. The van der Waals surface area contributed by atoms with Crippen molar-refractivity contribution in [2.24, 2.45) is 0 Å². The summed E-state index contributed by atoms with van der Waals surface area (Å²) in [7, 11) is 1.54. The lowest BCUT2D eigenvalue weighted by Crippen LogP contribution is -2.44. The predicted molar refractivity (Wildman–Crippen MR) is 151 cm³/mol. The Kier molecular flexibility index (Phi) is 14.9. The summed E-state index contributed by atoms with van der Waals surface area (Å²) in [6, 6.07) is 3.39. The fraction of sp³-hybridized carbons (Fsp3) is 0.714. The number of nitrogens with two attached hydrogens (primary N) is 1. The number of likely N-dealkylation sites (tertiary alicyclic amines) is 2. The molecule has 0 aromatic heterocycles. The molecule has 0 atom stereocenters. The number of carbonyl (C=O) groups is 2. The summed E-state index contributed by atoms with van der Waals surface area (Å²) >= 11 is 6.11. The number of nitrogens with one attached hydrogen (secondary N) is 1. The van der Waals surface area contributed by atoms with E-state index in [0.717, 1.165) is 25.9 Å². The van der Waals surface area contributed by atoms with Crippen LogP contribution in [0.15, 0.2) is 12.1 Å². The molecule has 228 valence electrons. The van der Waals surface area contributed by atoms with E-state index in [1.165, 1.54) is 91.1 Å². The molecule has 0 bridgehead atoms. The van der Waals surface area contributed by atoms with Gasteiger partial charge in [-0.2, -0.15) is 13.2 Å². The Balaban J connectivity index is 0.000000708. The van der Waals surface area contributed by atoms with E-state index in [9.17, 15) is 18.0 Å². The highest BCUT2D eigenvalue weighted by molar-refractivity contribution is 6.33. The molecule has 0 spiro atoms. The zero-order chi connectivity index (χ0) is 29.5. The lowest BCUT2D eigenvalue weighted by atomic mass is 10.0. The van der Waals surface area contributed by atoms with Crippen LogP contribution in [0.1, 0.15) is 81.0 Å². The van der Waals surface area contributed by atoms with Gasteiger partial charge in [-0.3, -0.25) is 4.79 Å². The van der Waals surface area contributed by atoms with E-state index in [1.807, 2.05) is 0 Å². The first-order valence-electron chi connectivity index (χ1n) is 14.2. The summed E-state index contributed by atoms with van der Waals surface area (Å²) in [5.74, 6) is -2.45. The van der Waals surface area contributed by atoms with Gasteiger partial charge in [0.05, 0.1) is 23.4 Å². The summed E-state index contributed by atoms with van der Waals surface area (Å²) in [5, 5.41) is 10.6. The summed E-state index contributed by atoms with van der Waals surface area (Å²) in [4.78, 5) is 26.8. The smallest absolute Gasteiger partial charge is 0.490 e. The molecule has 1 aromatic rings. The molecule has 0 saturated carbocycles. The molecular formula is C28H44ClF3N4O4. The van der Waals surface area contributed by atoms with Gasteiger partial charge in [-0.1, -0.05) is 43.7 Å². The van der Waals surface area contributed by atoms with Gasteiger partial charge in [-0.15, -0.1) is 0 Å². The van der Waals surface area contributed by atoms with Crippen molar-refractivity contribution in [1.82, 2.24) is 15.1 Å². The van der Waals surface area contributed by atoms with Crippen molar-refractivity contribution in [3.8, 4) is 5.75 Å². The van der Waals surface area contributed by atoms with E-state index in [2.05, 4.69) is 15.1 Å². The molecule has 2 fully saturated rings. The molecule has 4 N–H and O–H groups in total. The number of anilines is 1. The van der Waals surface area contributed by atoms with Gasteiger partial charge < -0.3 is 30.7 Å². The quantitative estimate of drug-likeness (QED) is 0.215. The number of piperidine rings is 2. The van der Waals surface area contributed by atoms with Crippen LogP contribution in [-0.2, 0) is 4.79 Å². The van der Waals surface area contributed by atoms with Gasteiger partial charge in [0.15, 0.2) is 0 Å². The second kappa shape index (κ2) is 17.5. The molecule has 1 aromatic carbocycles. The number of nitrogen functional groups attached to an aromatic ring is 1. The standard InChI is InChI=1S/C26H43ClN4O2.C2HF3O2/c1-33-25-20-24(28)23(27)19-22(25)26(32)29-21-11-17-31(18-12-21)16-8-5-3-2-4-7-13-30-14-9-6-10-15-30;3-2(4,5)1(6)7/h19-21H,2-18,28H2,1H3,(H,29,32);(H,6,7). The molecule has 2 heterocycles. The highest BCUT2D eigenvalue weighted by atomic mass is 35.5. The van der Waals surface area contributed by atoms with E-state index >= 15 is 0 Å². The Bertz CT molecular complexity index is 922. The second-order valence-corrected chi connectivity index (χ2v) is 10.9. The number of ether oxygens (including phenoxy) is 1. The van der Waals surface area contributed by atoms with Crippen LogP contribution in [0, 0.1) is 0 Å². The Morgan fingerprint density at radius 3 is 1.98 bits per heavy atom. The number of methoxy groups -OCH3 is 1. The molecular weight excluding hydrogens is 549 g/mol. The minimum atomic E-state index is -5.08. The lowest BCUT2D eigenvalue weighted by molar-refractivity contribution is -0.192. The summed E-state index contributed by atoms with van der Waals surface area (Å²) < 4.78 is 37.0. The average Bonchev–Trinajstić information content (AvgIpc) is 2.92. The molecule has 8 nitrogen and oxygen atoms in total. The van der Waals surface area contributed by atoms with Crippen molar-refractivity contribution in [3.63, 3.8) is 0 Å². The zero-order valence-corrected chi connectivity index (χ0v) is 24.2. The van der Waals surface area contributed by atoms with Gasteiger partial charge in [0, 0.05) is 25.2 Å². The fourth-order valence-electron chi connectivity index (χ4n) is 5.04.